The van der Waals surface area contributed by atoms with Crippen molar-refractivity contribution in [2.24, 2.45) is 0 Å². The molecule has 0 aliphatic carbocycles. The molecule has 0 radical (unpaired) electrons. The summed E-state index contributed by atoms with van der Waals surface area (Å²) < 4.78 is 29.0. The van der Waals surface area contributed by atoms with Gasteiger partial charge in [0.05, 0.1) is 17.1 Å². The molecule has 2 aliphatic rings. The summed E-state index contributed by atoms with van der Waals surface area (Å²) in [6.45, 7) is 3.56. The quantitative estimate of drug-likeness (QED) is 0.823. The van der Waals surface area contributed by atoms with Crippen LogP contribution < -0.4 is 5.32 Å². The van der Waals surface area contributed by atoms with Crippen LogP contribution in [-0.4, -0.2) is 44.7 Å². The van der Waals surface area contributed by atoms with Gasteiger partial charge in [0, 0.05) is 19.2 Å². The normalized spacial score (nSPS) is 37.1. The van der Waals surface area contributed by atoms with E-state index in [2.05, 4.69) is 12.2 Å². The van der Waals surface area contributed by atoms with E-state index in [1.54, 1.807) is 0 Å². The minimum Gasteiger partial charge on any atom is -0.378 e. The van der Waals surface area contributed by atoms with Crippen molar-refractivity contribution in [2.45, 2.75) is 56.4 Å². The van der Waals surface area contributed by atoms with E-state index in [4.69, 9.17) is 4.74 Å². The Morgan fingerprint density at radius 2 is 2.18 bits per heavy atom. The molecule has 0 spiro atoms. The lowest BCUT2D eigenvalue weighted by molar-refractivity contribution is 0.0000675. The van der Waals surface area contributed by atoms with Crippen LogP contribution in [0.15, 0.2) is 0 Å². The molecule has 0 bridgehead atoms. The van der Waals surface area contributed by atoms with Gasteiger partial charge in [-0.05, 0) is 32.1 Å². The van der Waals surface area contributed by atoms with E-state index >= 15 is 0 Å². The highest BCUT2D eigenvalue weighted by Crippen LogP contribution is 2.21. The van der Waals surface area contributed by atoms with Gasteiger partial charge in [0.2, 0.25) is 0 Å². The summed E-state index contributed by atoms with van der Waals surface area (Å²) in [5, 5.41) is 3.28. The lowest BCUT2D eigenvalue weighted by Crippen LogP contribution is -2.42. The third-order valence-corrected chi connectivity index (χ3v) is 6.20. The second kappa shape index (κ2) is 5.67. The number of ether oxygens (including phenoxy) is 1. The Labute approximate surface area is 104 Å². The van der Waals surface area contributed by atoms with Crippen LogP contribution in [0.25, 0.3) is 0 Å². The lowest BCUT2D eigenvalue weighted by Gasteiger charge is -2.30. The molecule has 2 aliphatic heterocycles. The maximum Gasteiger partial charge on any atom is 0.154 e. The Morgan fingerprint density at radius 1 is 1.35 bits per heavy atom. The Balaban J connectivity index is 1.78. The first-order chi connectivity index (χ1) is 8.12. The molecule has 1 N–H and O–H groups in total. The largest absolute Gasteiger partial charge is 0.378 e. The molecular formula is C12H23NO3S. The minimum atomic E-state index is -2.80. The Kier molecular flexibility index (Phi) is 4.44. The van der Waals surface area contributed by atoms with E-state index in [1.165, 1.54) is 0 Å². The minimum absolute atomic E-state index is 0.148. The van der Waals surface area contributed by atoms with Gasteiger partial charge in [-0.2, -0.15) is 0 Å². The van der Waals surface area contributed by atoms with Crippen molar-refractivity contribution in [3.63, 3.8) is 0 Å². The van der Waals surface area contributed by atoms with E-state index in [1.807, 2.05) is 0 Å². The molecule has 3 atom stereocenters. The topological polar surface area (TPSA) is 55.4 Å². The second-order valence-corrected chi connectivity index (χ2v) is 7.56. The zero-order chi connectivity index (χ0) is 12.3. The molecule has 5 heteroatoms. The van der Waals surface area contributed by atoms with E-state index in [9.17, 15) is 8.42 Å². The lowest BCUT2D eigenvalue weighted by atomic mass is 10.0. The third kappa shape index (κ3) is 3.42. The van der Waals surface area contributed by atoms with Crippen LogP contribution in [0.5, 0.6) is 0 Å². The molecule has 3 unspecified atom stereocenters. The van der Waals surface area contributed by atoms with Gasteiger partial charge >= 0.3 is 0 Å². The fraction of sp³-hybridized carbons (Fsp3) is 1.00. The van der Waals surface area contributed by atoms with Crippen molar-refractivity contribution in [3.05, 3.63) is 0 Å². The van der Waals surface area contributed by atoms with Gasteiger partial charge in [-0.1, -0.05) is 6.92 Å². The van der Waals surface area contributed by atoms with Gasteiger partial charge in [-0.25, -0.2) is 8.42 Å². The smallest absolute Gasteiger partial charge is 0.154 e. The zero-order valence-corrected chi connectivity index (χ0v) is 11.3. The average molecular weight is 261 g/mol. The van der Waals surface area contributed by atoms with Crippen LogP contribution in [0.3, 0.4) is 0 Å². The van der Waals surface area contributed by atoms with Crippen molar-refractivity contribution in [1.29, 1.82) is 0 Å². The van der Waals surface area contributed by atoms with Gasteiger partial charge in [0.1, 0.15) is 0 Å². The molecule has 17 heavy (non-hydrogen) atoms. The van der Waals surface area contributed by atoms with Gasteiger partial charge in [0.15, 0.2) is 9.84 Å². The Hall–Kier alpha value is -0.130. The summed E-state index contributed by atoms with van der Waals surface area (Å²) in [6.07, 6.45) is 5.07. The van der Waals surface area contributed by atoms with Gasteiger partial charge in [-0.15, -0.1) is 0 Å². The molecule has 0 aromatic heterocycles. The molecule has 100 valence electrons. The maximum atomic E-state index is 11.7. The van der Waals surface area contributed by atoms with E-state index in [-0.39, 0.29) is 5.25 Å². The fourth-order valence-corrected chi connectivity index (χ4v) is 4.51. The van der Waals surface area contributed by atoms with Crippen LogP contribution in [0, 0.1) is 0 Å². The Morgan fingerprint density at radius 3 is 2.82 bits per heavy atom. The predicted octanol–water partition coefficient (Wildman–Crippen LogP) is 1.11. The monoisotopic (exact) mass is 261 g/mol. The number of hydrogen-bond acceptors (Lipinski definition) is 4. The highest BCUT2D eigenvalue weighted by atomic mass is 32.2. The maximum absolute atomic E-state index is 11.7. The van der Waals surface area contributed by atoms with Gasteiger partial charge < -0.3 is 10.1 Å². The number of rotatable bonds is 4. The number of sulfone groups is 1. The molecule has 2 heterocycles. The number of hydrogen-bond donors (Lipinski definition) is 1. The first-order valence-corrected chi connectivity index (χ1v) is 8.40. The highest BCUT2D eigenvalue weighted by molar-refractivity contribution is 7.92. The van der Waals surface area contributed by atoms with Crippen LogP contribution in [0.2, 0.25) is 0 Å². The average Bonchev–Trinajstić information content (AvgIpc) is 2.66. The molecule has 0 aromatic carbocycles. The molecule has 2 rings (SSSR count). The highest BCUT2D eigenvalue weighted by Gasteiger charge is 2.32. The van der Waals surface area contributed by atoms with E-state index in [0.717, 1.165) is 38.7 Å². The van der Waals surface area contributed by atoms with Crippen molar-refractivity contribution in [3.8, 4) is 0 Å². The molecular weight excluding hydrogens is 238 g/mol. The first-order valence-electron chi connectivity index (χ1n) is 6.68. The summed E-state index contributed by atoms with van der Waals surface area (Å²) in [4.78, 5) is 0. The van der Waals surface area contributed by atoms with Crippen molar-refractivity contribution < 1.29 is 13.2 Å². The molecule has 0 aromatic rings. The molecule has 2 saturated heterocycles. The number of nitrogens with one attached hydrogen (secondary N) is 1. The molecule has 0 saturated carbocycles. The standard InChI is InChI=1S/C12H23NO3S/c1-2-11-8-10(5-6-16-11)13-9-12-4-3-7-17(12,14)15/h10-13H,2-9H2,1H3. The summed E-state index contributed by atoms with van der Waals surface area (Å²) in [5.41, 5.74) is 0. The summed E-state index contributed by atoms with van der Waals surface area (Å²) in [7, 11) is -2.80. The summed E-state index contributed by atoms with van der Waals surface area (Å²) >= 11 is 0. The van der Waals surface area contributed by atoms with E-state index in [0.29, 0.717) is 24.4 Å². The molecule has 4 nitrogen and oxygen atoms in total. The molecule has 0 amide bonds. The van der Waals surface area contributed by atoms with Crippen LogP contribution in [-0.2, 0) is 14.6 Å². The van der Waals surface area contributed by atoms with Crippen LogP contribution in [0.1, 0.15) is 39.0 Å². The Bertz CT molecular complexity index is 342. The first kappa shape index (κ1) is 13.3. The van der Waals surface area contributed by atoms with Gasteiger partial charge in [-0.3, -0.25) is 0 Å². The predicted molar refractivity (Wildman–Crippen MR) is 67.9 cm³/mol. The van der Waals surface area contributed by atoms with Crippen molar-refractivity contribution in [2.75, 3.05) is 18.9 Å². The van der Waals surface area contributed by atoms with Crippen LogP contribution >= 0.6 is 0 Å². The SMILES string of the molecule is CCC1CC(NCC2CCCS2(=O)=O)CCO1. The van der Waals surface area contributed by atoms with E-state index < -0.39 is 9.84 Å². The third-order valence-electron chi connectivity index (χ3n) is 3.92. The van der Waals surface area contributed by atoms with Gasteiger partial charge in [0.25, 0.3) is 0 Å². The van der Waals surface area contributed by atoms with Crippen molar-refractivity contribution >= 4 is 9.84 Å². The second-order valence-electron chi connectivity index (χ2n) is 5.16. The van der Waals surface area contributed by atoms with Crippen LogP contribution in [0.4, 0.5) is 0 Å². The summed E-state index contributed by atoms with van der Waals surface area (Å²) in [6, 6.07) is 0.435. The fourth-order valence-electron chi connectivity index (χ4n) is 2.74. The zero-order valence-electron chi connectivity index (χ0n) is 10.5. The summed E-state index contributed by atoms with van der Waals surface area (Å²) in [5.74, 6) is 0.380. The molecule has 2 fully saturated rings. The van der Waals surface area contributed by atoms with Crippen molar-refractivity contribution in [1.82, 2.24) is 5.32 Å².